The van der Waals surface area contributed by atoms with Crippen molar-refractivity contribution in [1.82, 2.24) is 9.80 Å². The lowest BCUT2D eigenvalue weighted by Gasteiger charge is -2.39. The first-order valence-electron chi connectivity index (χ1n) is 8.61. The maximum atomic E-state index is 12.9. The van der Waals surface area contributed by atoms with Crippen molar-refractivity contribution < 1.29 is 9.53 Å². The second kappa shape index (κ2) is 10.2. The molecule has 1 aromatic rings. The summed E-state index contributed by atoms with van der Waals surface area (Å²) in [6, 6.07) is 7.68. The van der Waals surface area contributed by atoms with Gasteiger partial charge in [-0.2, -0.15) is 0 Å². The molecule has 0 aliphatic carbocycles. The van der Waals surface area contributed by atoms with Gasteiger partial charge in [-0.15, -0.1) is 24.8 Å². The molecule has 2 aliphatic heterocycles. The molecule has 0 radical (unpaired) electrons. The molecule has 2 atom stereocenters. The molecule has 5 nitrogen and oxygen atoms in total. The Morgan fingerprint density at radius 3 is 2.38 bits per heavy atom. The zero-order valence-corrected chi connectivity index (χ0v) is 18.2. The van der Waals surface area contributed by atoms with Gasteiger partial charge in [0.15, 0.2) is 0 Å². The predicted molar refractivity (Wildman–Crippen MR) is 112 cm³/mol. The Labute approximate surface area is 176 Å². The lowest BCUT2D eigenvalue weighted by Crippen LogP contribution is -2.57. The fourth-order valence-electron chi connectivity index (χ4n) is 3.47. The average molecular weight is 469 g/mol. The van der Waals surface area contributed by atoms with Crippen molar-refractivity contribution in [2.75, 3.05) is 45.9 Å². The summed E-state index contributed by atoms with van der Waals surface area (Å²) >= 11 is 3.42. The third kappa shape index (κ3) is 5.57. The summed E-state index contributed by atoms with van der Waals surface area (Å²) in [5, 5.41) is 0. The number of piperazine rings is 1. The molecular formula is C18H28BrCl2N3O2. The third-order valence-electron chi connectivity index (χ3n) is 5.09. The number of ether oxygens (including phenoxy) is 1. The highest BCUT2D eigenvalue weighted by Crippen LogP contribution is 2.24. The van der Waals surface area contributed by atoms with Crippen LogP contribution in [0.5, 0.6) is 0 Å². The monoisotopic (exact) mass is 467 g/mol. The van der Waals surface area contributed by atoms with E-state index in [0.717, 1.165) is 62.4 Å². The van der Waals surface area contributed by atoms with Crippen LogP contribution in [0, 0.1) is 5.92 Å². The summed E-state index contributed by atoms with van der Waals surface area (Å²) in [6.45, 7) is 7.98. The van der Waals surface area contributed by atoms with Crippen LogP contribution in [0.2, 0.25) is 0 Å². The van der Waals surface area contributed by atoms with Crippen LogP contribution < -0.4 is 5.73 Å². The van der Waals surface area contributed by atoms with Gasteiger partial charge in [0.05, 0.1) is 6.61 Å². The molecule has 0 spiro atoms. The van der Waals surface area contributed by atoms with E-state index in [-0.39, 0.29) is 30.7 Å². The number of halogens is 3. The molecule has 0 bridgehead atoms. The number of carbonyl (C=O) groups is 1. The van der Waals surface area contributed by atoms with Crippen molar-refractivity contribution in [3.05, 3.63) is 34.3 Å². The van der Waals surface area contributed by atoms with Crippen LogP contribution in [0.3, 0.4) is 0 Å². The van der Waals surface area contributed by atoms with E-state index in [4.69, 9.17) is 10.5 Å². The molecule has 1 amide bonds. The summed E-state index contributed by atoms with van der Waals surface area (Å²) in [6.07, 6.45) is 1.16. The minimum atomic E-state index is -0.984. The first kappa shape index (κ1) is 23.7. The number of nitrogens with zero attached hydrogens (tertiary/aromatic N) is 2. The van der Waals surface area contributed by atoms with Crippen molar-refractivity contribution in [3.63, 3.8) is 0 Å². The highest BCUT2D eigenvalue weighted by molar-refractivity contribution is 9.10. The molecule has 1 aromatic carbocycles. The van der Waals surface area contributed by atoms with E-state index in [9.17, 15) is 4.79 Å². The van der Waals surface area contributed by atoms with E-state index in [1.54, 1.807) is 6.92 Å². The molecule has 2 fully saturated rings. The maximum absolute atomic E-state index is 12.9. The van der Waals surface area contributed by atoms with Crippen molar-refractivity contribution in [2.45, 2.75) is 18.9 Å². The maximum Gasteiger partial charge on any atom is 0.247 e. The molecule has 2 unspecified atom stereocenters. The molecule has 2 heterocycles. The van der Waals surface area contributed by atoms with E-state index in [2.05, 4.69) is 20.8 Å². The lowest BCUT2D eigenvalue weighted by molar-refractivity contribution is -0.138. The van der Waals surface area contributed by atoms with Gasteiger partial charge < -0.3 is 15.4 Å². The summed E-state index contributed by atoms with van der Waals surface area (Å²) in [7, 11) is 0. The number of benzene rings is 1. The van der Waals surface area contributed by atoms with E-state index < -0.39 is 5.54 Å². The summed E-state index contributed by atoms with van der Waals surface area (Å²) < 4.78 is 6.43. The zero-order valence-electron chi connectivity index (χ0n) is 15.0. The van der Waals surface area contributed by atoms with Crippen molar-refractivity contribution >= 4 is 46.7 Å². The van der Waals surface area contributed by atoms with Crippen LogP contribution in [-0.2, 0) is 15.1 Å². The summed E-state index contributed by atoms with van der Waals surface area (Å²) in [5.41, 5.74) is 6.26. The number of hydrogen-bond acceptors (Lipinski definition) is 4. The van der Waals surface area contributed by atoms with Crippen LogP contribution in [0.1, 0.15) is 18.9 Å². The number of nitrogens with two attached hydrogens (primary N) is 1. The van der Waals surface area contributed by atoms with Gasteiger partial charge in [0, 0.05) is 43.8 Å². The number of hydrogen-bond donors (Lipinski definition) is 1. The van der Waals surface area contributed by atoms with Gasteiger partial charge >= 0.3 is 0 Å². The average Bonchev–Trinajstić information content (AvgIpc) is 3.08. The molecule has 3 rings (SSSR count). The largest absolute Gasteiger partial charge is 0.381 e. The molecule has 26 heavy (non-hydrogen) atoms. The molecule has 2 N–H and O–H groups in total. The first-order valence-corrected chi connectivity index (χ1v) is 9.40. The quantitative estimate of drug-likeness (QED) is 0.737. The molecular weight excluding hydrogens is 441 g/mol. The smallest absolute Gasteiger partial charge is 0.247 e. The number of rotatable bonds is 4. The SMILES string of the molecule is CC(N)(C(=O)N1CCN(CC2CCOC2)CC1)c1ccc(Br)cc1.Cl.Cl. The zero-order chi connectivity index (χ0) is 17.2. The molecule has 2 saturated heterocycles. The molecule has 148 valence electrons. The van der Waals surface area contributed by atoms with Crippen molar-refractivity contribution in [3.8, 4) is 0 Å². The highest BCUT2D eigenvalue weighted by atomic mass is 79.9. The van der Waals surface area contributed by atoms with Crippen LogP contribution in [0.15, 0.2) is 28.7 Å². The summed E-state index contributed by atoms with van der Waals surface area (Å²) in [4.78, 5) is 17.3. The second-order valence-corrected chi connectivity index (χ2v) is 7.95. The van der Waals surface area contributed by atoms with Crippen molar-refractivity contribution in [2.24, 2.45) is 11.7 Å². The topological polar surface area (TPSA) is 58.8 Å². The van der Waals surface area contributed by atoms with Crippen LogP contribution in [-0.4, -0.2) is 61.6 Å². The Bertz CT molecular complexity index is 572. The van der Waals surface area contributed by atoms with Gasteiger partial charge in [0.2, 0.25) is 5.91 Å². The Morgan fingerprint density at radius 1 is 1.23 bits per heavy atom. The number of amides is 1. The minimum Gasteiger partial charge on any atom is -0.381 e. The Hall–Kier alpha value is -0.370. The minimum absolute atomic E-state index is 0. The summed E-state index contributed by atoms with van der Waals surface area (Å²) in [5.74, 6) is 0.656. The first-order chi connectivity index (χ1) is 11.5. The lowest BCUT2D eigenvalue weighted by atomic mass is 9.91. The fourth-order valence-corrected chi connectivity index (χ4v) is 3.74. The van der Waals surface area contributed by atoms with Crippen LogP contribution in [0.25, 0.3) is 0 Å². The van der Waals surface area contributed by atoms with Gasteiger partial charge in [0.1, 0.15) is 5.54 Å². The van der Waals surface area contributed by atoms with Gasteiger partial charge in [-0.1, -0.05) is 28.1 Å². The normalized spacial score (nSPS) is 22.9. The van der Waals surface area contributed by atoms with E-state index in [0.29, 0.717) is 5.92 Å². The standard InChI is InChI=1S/C18H26BrN3O2.2ClH/c1-18(20,15-2-4-16(19)5-3-15)17(23)22-9-7-21(8-10-22)12-14-6-11-24-13-14;;/h2-5,14H,6-13,20H2,1H3;2*1H. The predicted octanol–water partition coefficient (Wildman–Crippen LogP) is 2.65. The Kier molecular flexibility index (Phi) is 9.33. The Balaban J connectivity index is 0.00000169. The second-order valence-electron chi connectivity index (χ2n) is 7.03. The van der Waals surface area contributed by atoms with Gasteiger partial charge in [-0.25, -0.2) is 0 Å². The van der Waals surface area contributed by atoms with E-state index in [1.165, 1.54) is 0 Å². The third-order valence-corrected chi connectivity index (χ3v) is 5.62. The highest BCUT2D eigenvalue weighted by Gasteiger charge is 2.36. The molecule has 2 aliphatic rings. The Morgan fingerprint density at radius 2 is 1.85 bits per heavy atom. The molecule has 0 aromatic heterocycles. The van der Waals surface area contributed by atoms with Gasteiger partial charge in [-0.05, 0) is 37.0 Å². The van der Waals surface area contributed by atoms with Crippen molar-refractivity contribution in [1.29, 1.82) is 0 Å². The van der Waals surface area contributed by atoms with Gasteiger partial charge in [0.25, 0.3) is 0 Å². The van der Waals surface area contributed by atoms with E-state index >= 15 is 0 Å². The van der Waals surface area contributed by atoms with E-state index in [1.807, 2.05) is 29.2 Å². The number of carbonyl (C=O) groups excluding carboxylic acids is 1. The molecule has 8 heteroatoms. The fraction of sp³-hybridized carbons (Fsp3) is 0.611. The van der Waals surface area contributed by atoms with Crippen LogP contribution in [0.4, 0.5) is 0 Å². The molecule has 0 saturated carbocycles. The van der Waals surface area contributed by atoms with Gasteiger partial charge in [-0.3, -0.25) is 9.69 Å². The van der Waals surface area contributed by atoms with Crippen LogP contribution >= 0.6 is 40.7 Å².